The van der Waals surface area contributed by atoms with Gasteiger partial charge in [0.2, 0.25) is 0 Å². The molecule has 2 aromatic carbocycles. The van der Waals surface area contributed by atoms with E-state index < -0.39 is 0 Å². The van der Waals surface area contributed by atoms with Gasteiger partial charge < -0.3 is 4.90 Å². The molecular formula is C18H16ClIN4O. The number of benzene rings is 2. The number of rotatable bonds is 4. The van der Waals surface area contributed by atoms with Gasteiger partial charge in [-0.2, -0.15) is 5.10 Å². The zero-order valence-electron chi connectivity index (χ0n) is 13.7. The van der Waals surface area contributed by atoms with E-state index in [4.69, 9.17) is 11.6 Å². The Morgan fingerprint density at radius 2 is 1.96 bits per heavy atom. The third-order valence-corrected chi connectivity index (χ3v) is 5.25. The van der Waals surface area contributed by atoms with Crippen LogP contribution in [-0.2, 0) is 0 Å². The van der Waals surface area contributed by atoms with Crippen molar-refractivity contribution in [1.29, 1.82) is 0 Å². The van der Waals surface area contributed by atoms with E-state index in [1.54, 1.807) is 34.1 Å². The molecule has 3 rings (SSSR count). The summed E-state index contributed by atoms with van der Waals surface area (Å²) in [5.74, 6) is -0.0334. The number of carbonyl (C=O) groups is 1. The summed E-state index contributed by atoms with van der Waals surface area (Å²) in [6.45, 7) is 2.01. The normalized spacial score (nSPS) is 12.0. The monoisotopic (exact) mass is 466 g/mol. The molecular weight excluding hydrogens is 451 g/mol. The van der Waals surface area contributed by atoms with Crippen molar-refractivity contribution in [2.75, 3.05) is 7.05 Å². The Labute approximate surface area is 164 Å². The molecule has 25 heavy (non-hydrogen) atoms. The van der Waals surface area contributed by atoms with Gasteiger partial charge in [0.05, 0.1) is 17.3 Å². The molecule has 0 bridgehead atoms. The number of aromatic nitrogens is 3. The number of hydrogen-bond acceptors (Lipinski definition) is 3. The van der Waals surface area contributed by atoms with E-state index in [-0.39, 0.29) is 11.9 Å². The molecule has 0 aliphatic carbocycles. The highest BCUT2D eigenvalue weighted by Crippen LogP contribution is 2.25. The summed E-state index contributed by atoms with van der Waals surface area (Å²) in [6.07, 6.45) is 3.15. The number of amides is 1. The van der Waals surface area contributed by atoms with Gasteiger partial charge in [0, 0.05) is 15.6 Å². The first-order valence-electron chi connectivity index (χ1n) is 7.64. The molecule has 0 spiro atoms. The first-order valence-corrected chi connectivity index (χ1v) is 9.10. The van der Waals surface area contributed by atoms with Crippen molar-refractivity contribution >= 4 is 40.1 Å². The molecule has 0 aliphatic rings. The van der Waals surface area contributed by atoms with Crippen LogP contribution < -0.4 is 0 Å². The molecule has 0 saturated carbocycles. The lowest BCUT2D eigenvalue weighted by Crippen LogP contribution is -2.30. The van der Waals surface area contributed by atoms with E-state index in [1.165, 1.54) is 6.33 Å². The summed E-state index contributed by atoms with van der Waals surface area (Å²) in [4.78, 5) is 18.5. The van der Waals surface area contributed by atoms with E-state index in [2.05, 4.69) is 32.7 Å². The van der Waals surface area contributed by atoms with Gasteiger partial charge in [-0.25, -0.2) is 9.67 Å². The summed E-state index contributed by atoms with van der Waals surface area (Å²) in [7, 11) is 1.81. The van der Waals surface area contributed by atoms with Gasteiger partial charge in [-0.1, -0.05) is 23.7 Å². The van der Waals surface area contributed by atoms with Gasteiger partial charge in [-0.15, -0.1) is 0 Å². The molecule has 1 unspecified atom stereocenters. The van der Waals surface area contributed by atoms with Crippen molar-refractivity contribution < 1.29 is 4.79 Å². The van der Waals surface area contributed by atoms with Crippen molar-refractivity contribution in [2.45, 2.75) is 13.0 Å². The smallest absolute Gasteiger partial charge is 0.255 e. The van der Waals surface area contributed by atoms with Crippen LogP contribution in [0.25, 0.3) is 5.69 Å². The van der Waals surface area contributed by atoms with Crippen LogP contribution in [-0.4, -0.2) is 32.6 Å². The van der Waals surface area contributed by atoms with Crippen LogP contribution in [0.1, 0.15) is 28.9 Å². The van der Waals surface area contributed by atoms with Crippen LogP contribution in [0.5, 0.6) is 0 Å². The van der Waals surface area contributed by atoms with Crippen molar-refractivity contribution in [3.63, 3.8) is 0 Å². The molecule has 7 heteroatoms. The molecule has 1 heterocycles. The van der Waals surface area contributed by atoms with Crippen molar-refractivity contribution in [2.24, 2.45) is 0 Å². The summed E-state index contributed by atoms with van der Waals surface area (Å²) in [5.41, 5.74) is 2.62. The second-order valence-corrected chi connectivity index (χ2v) is 7.25. The predicted octanol–water partition coefficient (Wildman–Crippen LogP) is 4.36. The van der Waals surface area contributed by atoms with Crippen molar-refractivity contribution in [3.05, 3.63) is 74.8 Å². The maximum Gasteiger partial charge on any atom is 0.255 e. The molecule has 128 valence electrons. The van der Waals surface area contributed by atoms with Gasteiger partial charge in [0.25, 0.3) is 5.91 Å². The fourth-order valence-corrected chi connectivity index (χ4v) is 3.60. The Kier molecular flexibility index (Phi) is 5.39. The van der Waals surface area contributed by atoms with E-state index in [1.807, 2.05) is 38.2 Å². The summed E-state index contributed by atoms with van der Waals surface area (Å²) >= 11 is 8.11. The fraction of sp³-hybridized carbons (Fsp3) is 0.167. The lowest BCUT2D eigenvalue weighted by Gasteiger charge is -2.26. The number of carbonyl (C=O) groups excluding carboxylic acids is 1. The van der Waals surface area contributed by atoms with E-state index in [0.29, 0.717) is 10.6 Å². The topological polar surface area (TPSA) is 51.0 Å². The first kappa shape index (κ1) is 17.9. The zero-order chi connectivity index (χ0) is 18.0. The maximum absolute atomic E-state index is 12.8. The lowest BCUT2D eigenvalue weighted by atomic mass is 10.1. The third-order valence-electron chi connectivity index (χ3n) is 4.12. The molecule has 0 fully saturated rings. The highest BCUT2D eigenvalue weighted by Gasteiger charge is 2.21. The Morgan fingerprint density at radius 1 is 1.24 bits per heavy atom. The summed E-state index contributed by atoms with van der Waals surface area (Å²) in [6, 6.07) is 13.2. The van der Waals surface area contributed by atoms with Crippen LogP contribution in [0.3, 0.4) is 0 Å². The lowest BCUT2D eigenvalue weighted by molar-refractivity contribution is 0.0741. The molecule has 0 radical (unpaired) electrons. The molecule has 0 N–H and O–H groups in total. The fourth-order valence-electron chi connectivity index (χ4n) is 2.50. The van der Waals surface area contributed by atoms with Crippen molar-refractivity contribution in [3.8, 4) is 5.69 Å². The highest BCUT2D eigenvalue weighted by molar-refractivity contribution is 14.1. The molecule has 0 saturated heterocycles. The molecule has 3 aromatic rings. The van der Waals surface area contributed by atoms with E-state index in [9.17, 15) is 4.79 Å². The SMILES string of the molecule is CC(c1ccc(-n2cncn2)cc1)N(C)C(=O)c1ccc(Cl)cc1I. The number of nitrogens with zero attached hydrogens (tertiary/aromatic N) is 4. The quantitative estimate of drug-likeness (QED) is 0.537. The molecule has 1 amide bonds. The molecule has 1 atom stereocenters. The van der Waals surface area contributed by atoms with Gasteiger partial charge in [0.1, 0.15) is 12.7 Å². The van der Waals surface area contributed by atoms with Crippen LogP contribution in [0.2, 0.25) is 5.02 Å². The van der Waals surface area contributed by atoms with Gasteiger partial charge in [-0.3, -0.25) is 4.79 Å². The minimum absolute atomic E-state index is 0.0334. The molecule has 0 aliphatic heterocycles. The average molecular weight is 467 g/mol. The highest BCUT2D eigenvalue weighted by atomic mass is 127. The first-order chi connectivity index (χ1) is 12.0. The Bertz CT molecular complexity index is 881. The Morgan fingerprint density at radius 3 is 2.56 bits per heavy atom. The van der Waals surface area contributed by atoms with Crippen LogP contribution in [0.15, 0.2) is 55.1 Å². The number of halogens is 2. The summed E-state index contributed by atoms with van der Waals surface area (Å²) in [5, 5.41) is 4.74. The largest absolute Gasteiger partial charge is 0.335 e. The van der Waals surface area contributed by atoms with Gasteiger partial charge in [-0.05, 0) is 65.4 Å². The van der Waals surface area contributed by atoms with Gasteiger partial charge >= 0.3 is 0 Å². The second kappa shape index (κ2) is 7.53. The van der Waals surface area contributed by atoms with Gasteiger partial charge in [0.15, 0.2) is 0 Å². The minimum Gasteiger partial charge on any atom is -0.335 e. The molecule has 1 aromatic heterocycles. The third kappa shape index (κ3) is 3.85. The Hall–Kier alpha value is -1.93. The predicted molar refractivity (Wildman–Crippen MR) is 106 cm³/mol. The zero-order valence-corrected chi connectivity index (χ0v) is 16.6. The average Bonchev–Trinajstić information content (AvgIpc) is 3.15. The Balaban J connectivity index is 1.79. The maximum atomic E-state index is 12.8. The minimum atomic E-state index is -0.0659. The second-order valence-electron chi connectivity index (χ2n) is 5.65. The van der Waals surface area contributed by atoms with Crippen LogP contribution >= 0.6 is 34.2 Å². The molecule has 5 nitrogen and oxygen atoms in total. The standard InChI is InChI=1S/C18H16ClIN4O/c1-12(13-3-6-15(7-4-13)24-11-21-10-22-24)23(2)18(25)16-8-5-14(19)9-17(16)20/h3-12H,1-2H3. The van der Waals surface area contributed by atoms with Crippen LogP contribution in [0.4, 0.5) is 0 Å². The van der Waals surface area contributed by atoms with Crippen LogP contribution in [0, 0.1) is 3.57 Å². The summed E-state index contributed by atoms with van der Waals surface area (Å²) < 4.78 is 2.54. The van der Waals surface area contributed by atoms with E-state index in [0.717, 1.165) is 14.8 Å². The number of hydrogen-bond donors (Lipinski definition) is 0. The van der Waals surface area contributed by atoms with E-state index >= 15 is 0 Å². The van der Waals surface area contributed by atoms with Crippen molar-refractivity contribution in [1.82, 2.24) is 19.7 Å².